The van der Waals surface area contributed by atoms with Gasteiger partial charge in [0.25, 0.3) is 0 Å². The van der Waals surface area contributed by atoms with Gasteiger partial charge in [-0.1, -0.05) is 23.7 Å². The highest BCUT2D eigenvalue weighted by Gasteiger charge is 2.09. The van der Waals surface area contributed by atoms with Crippen molar-refractivity contribution in [3.05, 3.63) is 58.9 Å². The molecule has 0 radical (unpaired) electrons. The third kappa shape index (κ3) is 3.71. The number of pyridine rings is 1. The van der Waals surface area contributed by atoms with Crippen LogP contribution in [0.5, 0.6) is 0 Å². The van der Waals surface area contributed by atoms with Crippen LogP contribution >= 0.6 is 11.6 Å². The van der Waals surface area contributed by atoms with Crippen molar-refractivity contribution in [2.24, 2.45) is 0 Å². The first-order valence-electron chi connectivity index (χ1n) is 6.30. The van der Waals surface area contributed by atoms with Crippen molar-refractivity contribution in [3.63, 3.8) is 0 Å². The lowest BCUT2D eigenvalue weighted by molar-refractivity contribution is 0.249. The number of aromatic nitrogens is 1. The highest BCUT2D eigenvalue weighted by atomic mass is 35.5. The lowest BCUT2D eigenvalue weighted by Crippen LogP contribution is -2.31. The summed E-state index contributed by atoms with van der Waals surface area (Å²) in [6.07, 6.45) is 3.43. The Labute approximate surface area is 123 Å². The van der Waals surface area contributed by atoms with Crippen LogP contribution in [0.2, 0.25) is 5.02 Å². The standard InChI is InChI=1S/C15H16ClN3O/c1-10-5-6-13(8-14(10)16)19-15(20)18-11(2)12-4-3-7-17-9-12/h3-9,11H,1-2H3,(H2,18,19,20). The summed E-state index contributed by atoms with van der Waals surface area (Å²) in [6, 6.07) is 8.76. The lowest BCUT2D eigenvalue weighted by Gasteiger charge is -2.15. The van der Waals surface area contributed by atoms with Gasteiger partial charge in [0.15, 0.2) is 0 Å². The van der Waals surface area contributed by atoms with Crippen molar-refractivity contribution in [2.45, 2.75) is 19.9 Å². The number of carbonyl (C=O) groups is 1. The number of halogens is 1. The van der Waals surface area contributed by atoms with Crippen LogP contribution in [0.25, 0.3) is 0 Å². The summed E-state index contributed by atoms with van der Waals surface area (Å²) in [5.41, 5.74) is 2.59. The van der Waals surface area contributed by atoms with Gasteiger partial charge in [-0.15, -0.1) is 0 Å². The molecule has 0 aliphatic heterocycles. The largest absolute Gasteiger partial charge is 0.331 e. The maximum Gasteiger partial charge on any atom is 0.319 e. The lowest BCUT2D eigenvalue weighted by atomic mass is 10.1. The van der Waals surface area contributed by atoms with Crippen LogP contribution in [0.4, 0.5) is 10.5 Å². The molecule has 2 N–H and O–H groups in total. The average molecular weight is 290 g/mol. The van der Waals surface area contributed by atoms with Crippen LogP contribution in [0.15, 0.2) is 42.7 Å². The average Bonchev–Trinajstić information content (AvgIpc) is 2.44. The number of nitrogens with one attached hydrogen (secondary N) is 2. The summed E-state index contributed by atoms with van der Waals surface area (Å²) in [5, 5.41) is 6.23. The predicted octanol–water partition coefficient (Wildman–Crippen LogP) is 3.93. The molecule has 0 bridgehead atoms. The van der Waals surface area contributed by atoms with E-state index < -0.39 is 0 Å². The van der Waals surface area contributed by atoms with E-state index in [2.05, 4.69) is 15.6 Å². The summed E-state index contributed by atoms with van der Waals surface area (Å²) < 4.78 is 0. The van der Waals surface area contributed by atoms with Gasteiger partial charge in [0.05, 0.1) is 6.04 Å². The number of hydrogen-bond donors (Lipinski definition) is 2. The van der Waals surface area contributed by atoms with Crippen molar-refractivity contribution >= 4 is 23.3 Å². The number of rotatable bonds is 3. The smallest absolute Gasteiger partial charge is 0.319 e. The molecule has 1 aromatic carbocycles. The van der Waals surface area contributed by atoms with Gasteiger partial charge in [-0.25, -0.2) is 4.79 Å². The van der Waals surface area contributed by atoms with Crippen LogP contribution in [0, 0.1) is 6.92 Å². The second-order valence-electron chi connectivity index (χ2n) is 4.57. The van der Waals surface area contributed by atoms with Crippen LogP contribution in [0.3, 0.4) is 0 Å². The third-order valence-corrected chi connectivity index (χ3v) is 3.37. The van der Waals surface area contributed by atoms with E-state index in [0.717, 1.165) is 11.1 Å². The van der Waals surface area contributed by atoms with Gasteiger partial charge in [-0.2, -0.15) is 0 Å². The second kappa shape index (κ2) is 6.39. The van der Waals surface area contributed by atoms with Gasteiger partial charge in [-0.05, 0) is 43.2 Å². The minimum Gasteiger partial charge on any atom is -0.331 e. The molecule has 0 fully saturated rings. The van der Waals surface area contributed by atoms with Crippen LogP contribution in [-0.4, -0.2) is 11.0 Å². The Balaban J connectivity index is 1.97. The van der Waals surface area contributed by atoms with Crippen molar-refractivity contribution in [1.29, 1.82) is 0 Å². The van der Waals surface area contributed by atoms with Crippen LogP contribution in [0.1, 0.15) is 24.1 Å². The van der Waals surface area contributed by atoms with E-state index in [1.54, 1.807) is 18.5 Å². The van der Waals surface area contributed by atoms with E-state index in [-0.39, 0.29) is 12.1 Å². The molecule has 1 atom stereocenters. The highest BCUT2D eigenvalue weighted by molar-refractivity contribution is 6.31. The minimum atomic E-state index is -0.277. The van der Waals surface area contributed by atoms with E-state index in [4.69, 9.17) is 11.6 Å². The molecule has 20 heavy (non-hydrogen) atoms. The van der Waals surface area contributed by atoms with Gasteiger partial charge in [0.2, 0.25) is 0 Å². The van der Waals surface area contributed by atoms with Crippen LogP contribution in [-0.2, 0) is 0 Å². The Hall–Kier alpha value is -2.07. The van der Waals surface area contributed by atoms with E-state index in [1.165, 1.54) is 0 Å². The first kappa shape index (κ1) is 14.3. The molecular weight excluding hydrogens is 274 g/mol. The molecule has 1 unspecified atom stereocenters. The van der Waals surface area contributed by atoms with E-state index in [1.807, 2.05) is 38.1 Å². The summed E-state index contributed by atoms with van der Waals surface area (Å²) in [7, 11) is 0. The molecule has 0 spiro atoms. The number of nitrogens with zero attached hydrogens (tertiary/aromatic N) is 1. The Morgan fingerprint density at radius 3 is 2.80 bits per heavy atom. The Bertz CT molecular complexity index is 601. The number of anilines is 1. The summed E-state index contributed by atoms with van der Waals surface area (Å²) in [4.78, 5) is 15.9. The Morgan fingerprint density at radius 1 is 1.35 bits per heavy atom. The van der Waals surface area contributed by atoms with E-state index >= 15 is 0 Å². The first-order chi connectivity index (χ1) is 9.56. The van der Waals surface area contributed by atoms with Gasteiger partial charge < -0.3 is 10.6 Å². The molecule has 4 nitrogen and oxygen atoms in total. The highest BCUT2D eigenvalue weighted by Crippen LogP contribution is 2.20. The molecule has 0 saturated heterocycles. The van der Waals surface area contributed by atoms with Crippen molar-refractivity contribution < 1.29 is 4.79 Å². The van der Waals surface area contributed by atoms with Crippen LogP contribution < -0.4 is 10.6 Å². The number of benzene rings is 1. The molecule has 2 rings (SSSR count). The number of urea groups is 1. The van der Waals surface area contributed by atoms with Crippen molar-refractivity contribution in [1.82, 2.24) is 10.3 Å². The molecule has 1 aromatic heterocycles. The van der Waals surface area contributed by atoms with E-state index in [0.29, 0.717) is 10.7 Å². The number of amides is 2. The Kier molecular flexibility index (Phi) is 4.58. The van der Waals surface area contributed by atoms with Gasteiger partial charge in [-0.3, -0.25) is 4.98 Å². The molecule has 0 aliphatic rings. The van der Waals surface area contributed by atoms with Gasteiger partial charge >= 0.3 is 6.03 Å². The fourth-order valence-corrected chi connectivity index (χ4v) is 1.93. The predicted molar refractivity (Wildman–Crippen MR) is 81.0 cm³/mol. The second-order valence-corrected chi connectivity index (χ2v) is 4.98. The zero-order valence-electron chi connectivity index (χ0n) is 11.4. The number of aryl methyl sites for hydroxylation is 1. The SMILES string of the molecule is Cc1ccc(NC(=O)NC(C)c2cccnc2)cc1Cl. The molecule has 0 aliphatic carbocycles. The maximum atomic E-state index is 11.9. The molecule has 0 saturated carbocycles. The summed E-state index contributed by atoms with van der Waals surface area (Å²) in [5.74, 6) is 0. The Morgan fingerprint density at radius 2 is 2.15 bits per heavy atom. The minimum absolute atomic E-state index is 0.121. The molecule has 1 heterocycles. The monoisotopic (exact) mass is 289 g/mol. The summed E-state index contributed by atoms with van der Waals surface area (Å²) in [6.45, 7) is 3.81. The topological polar surface area (TPSA) is 54.0 Å². The van der Waals surface area contributed by atoms with Gasteiger partial charge in [0, 0.05) is 23.1 Å². The molecule has 5 heteroatoms. The zero-order chi connectivity index (χ0) is 14.5. The quantitative estimate of drug-likeness (QED) is 0.899. The molecule has 2 amide bonds. The maximum absolute atomic E-state index is 11.9. The fraction of sp³-hybridized carbons (Fsp3) is 0.200. The third-order valence-electron chi connectivity index (χ3n) is 2.96. The molecular formula is C15H16ClN3O. The van der Waals surface area contributed by atoms with Gasteiger partial charge in [0.1, 0.15) is 0 Å². The first-order valence-corrected chi connectivity index (χ1v) is 6.67. The number of hydrogen-bond acceptors (Lipinski definition) is 2. The summed E-state index contributed by atoms with van der Waals surface area (Å²) >= 11 is 6.02. The van der Waals surface area contributed by atoms with Crippen molar-refractivity contribution in [2.75, 3.05) is 5.32 Å². The zero-order valence-corrected chi connectivity index (χ0v) is 12.1. The normalized spacial score (nSPS) is 11.8. The molecule has 104 valence electrons. The van der Waals surface area contributed by atoms with Crippen molar-refractivity contribution in [3.8, 4) is 0 Å². The number of carbonyl (C=O) groups excluding carboxylic acids is 1. The van der Waals surface area contributed by atoms with E-state index in [9.17, 15) is 4.79 Å². The fourth-order valence-electron chi connectivity index (χ4n) is 1.75. The molecule has 2 aromatic rings.